The fraction of sp³-hybridized carbons (Fsp3) is 0.425. The average Bonchev–Trinajstić information content (AvgIpc) is 1.16. The summed E-state index contributed by atoms with van der Waals surface area (Å²) in [6.07, 6.45) is 14.4. The monoisotopic (exact) mass is 1110 g/mol. The molecule has 7 aliphatic rings. The summed E-state index contributed by atoms with van der Waals surface area (Å²) >= 11 is 0. The van der Waals surface area contributed by atoms with E-state index >= 15 is 0 Å². The molecular weight excluding hydrogens is 1010 g/mol. The molecule has 3 heterocycles. The molecule has 7 aromatic carbocycles. The fourth-order valence-corrected chi connectivity index (χ4v) is 17.9. The molecule has 4 aliphatic carbocycles. The molecular formula is C80H92BN3. The predicted octanol–water partition coefficient (Wildman–Crippen LogP) is 19.8. The van der Waals surface area contributed by atoms with E-state index in [0.717, 1.165) is 25.7 Å². The van der Waals surface area contributed by atoms with Gasteiger partial charge < -0.3 is 14.7 Å². The molecule has 4 heteroatoms. The summed E-state index contributed by atoms with van der Waals surface area (Å²) in [7, 11) is 0. The Hall–Kier alpha value is -6.52. The quantitative estimate of drug-likeness (QED) is 0.159. The van der Waals surface area contributed by atoms with E-state index in [4.69, 9.17) is 0 Å². The Morgan fingerprint density at radius 1 is 0.488 bits per heavy atom. The maximum absolute atomic E-state index is 2.91. The molecule has 3 atom stereocenters. The summed E-state index contributed by atoms with van der Waals surface area (Å²) in [5.41, 5.74) is 30.2. The van der Waals surface area contributed by atoms with Crippen molar-refractivity contribution in [1.82, 2.24) is 0 Å². The highest BCUT2D eigenvalue weighted by Crippen LogP contribution is 2.64. The summed E-state index contributed by atoms with van der Waals surface area (Å²) < 4.78 is 0. The minimum atomic E-state index is -0.153. The van der Waals surface area contributed by atoms with E-state index in [-0.39, 0.29) is 50.2 Å². The van der Waals surface area contributed by atoms with Crippen LogP contribution in [0.5, 0.6) is 0 Å². The third-order valence-electron chi connectivity index (χ3n) is 22.9. The lowest BCUT2D eigenvalue weighted by Gasteiger charge is -2.52. The molecule has 3 unspecified atom stereocenters. The maximum atomic E-state index is 2.91. The van der Waals surface area contributed by atoms with Crippen molar-refractivity contribution in [2.45, 2.75) is 213 Å². The van der Waals surface area contributed by atoms with Crippen LogP contribution in [0, 0.1) is 12.3 Å². The minimum absolute atomic E-state index is 0.00281. The Morgan fingerprint density at radius 3 is 1.58 bits per heavy atom. The summed E-state index contributed by atoms with van der Waals surface area (Å²) in [5.74, 6) is 0.347. The molecule has 84 heavy (non-hydrogen) atoms. The van der Waals surface area contributed by atoms with Gasteiger partial charge in [-0.1, -0.05) is 214 Å². The van der Waals surface area contributed by atoms with Crippen molar-refractivity contribution in [2.24, 2.45) is 5.41 Å². The Balaban J connectivity index is 1.15. The molecule has 430 valence electrons. The Kier molecular flexibility index (Phi) is 12.0. The minimum Gasteiger partial charge on any atom is -0.335 e. The summed E-state index contributed by atoms with van der Waals surface area (Å²) in [5, 5.41) is 0. The van der Waals surface area contributed by atoms with E-state index in [9.17, 15) is 0 Å². The number of benzene rings is 7. The highest BCUT2D eigenvalue weighted by Gasteiger charge is 2.60. The van der Waals surface area contributed by atoms with Gasteiger partial charge in [-0.05, 0) is 205 Å². The SMILES string of the molecule is Cc1cc(C(C)(C)C)ccc1N1c2cc3c(cc2B2c4cc5c(cc4N(c4ccc(C(C)(C)C)cc4-c4ccccc4)c4cc(N6C7=C(CC(c8ccccc8)C=C7)C7(C)CCCCC67C)cc1c42)C(C)(C)CC5(C)C)C(C)(C)CCC3(C)C. The molecule has 0 N–H and O–H groups in total. The first-order valence-electron chi connectivity index (χ1n) is 32.3. The first kappa shape index (κ1) is 55.4. The first-order chi connectivity index (χ1) is 39.5. The van der Waals surface area contributed by atoms with E-state index in [2.05, 4.69) is 278 Å². The second kappa shape index (κ2) is 18.3. The Bertz CT molecular complexity index is 3950. The number of nitrogens with zero attached hydrogens (tertiary/aromatic N) is 3. The van der Waals surface area contributed by atoms with Crippen molar-refractivity contribution in [3.63, 3.8) is 0 Å². The lowest BCUT2D eigenvalue weighted by Crippen LogP contribution is -2.62. The highest BCUT2D eigenvalue weighted by atomic mass is 15.3. The van der Waals surface area contributed by atoms with Gasteiger partial charge in [-0.3, -0.25) is 0 Å². The van der Waals surface area contributed by atoms with Gasteiger partial charge in [-0.2, -0.15) is 0 Å². The lowest BCUT2D eigenvalue weighted by molar-refractivity contribution is 0.146. The van der Waals surface area contributed by atoms with Gasteiger partial charge in [0.1, 0.15) is 0 Å². The molecule has 1 fully saturated rings. The molecule has 1 saturated carbocycles. The molecule has 0 spiro atoms. The van der Waals surface area contributed by atoms with Crippen molar-refractivity contribution in [3.05, 3.63) is 201 Å². The summed E-state index contributed by atoms with van der Waals surface area (Å²) in [6.45, 7) is 42.0. The number of fused-ring (bicyclic) bond motifs is 8. The van der Waals surface area contributed by atoms with E-state index in [1.165, 1.54) is 143 Å². The molecule has 0 amide bonds. The van der Waals surface area contributed by atoms with Crippen molar-refractivity contribution in [3.8, 4) is 11.1 Å². The molecule has 3 nitrogen and oxygen atoms in total. The van der Waals surface area contributed by atoms with Crippen LogP contribution in [-0.2, 0) is 32.5 Å². The van der Waals surface area contributed by atoms with Crippen LogP contribution >= 0.6 is 0 Å². The molecule has 0 aromatic heterocycles. The second-order valence-electron chi connectivity index (χ2n) is 32.3. The van der Waals surface area contributed by atoms with Crippen molar-refractivity contribution >= 4 is 62.9 Å². The lowest BCUT2D eigenvalue weighted by atomic mass is 9.33. The predicted molar refractivity (Wildman–Crippen MR) is 361 cm³/mol. The van der Waals surface area contributed by atoms with Gasteiger partial charge in [-0.25, -0.2) is 0 Å². The maximum Gasteiger partial charge on any atom is 0.252 e. The van der Waals surface area contributed by atoms with Crippen molar-refractivity contribution in [2.75, 3.05) is 14.7 Å². The van der Waals surface area contributed by atoms with E-state index in [1.807, 2.05) is 0 Å². The van der Waals surface area contributed by atoms with Crippen LogP contribution in [0.1, 0.15) is 213 Å². The third-order valence-corrected chi connectivity index (χ3v) is 22.9. The Labute approximate surface area is 505 Å². The number of anilines is 7. The number of hydrogen-bond acceptors (Lipinski definition) is 3. The van der Waals surface area contributed by atoms with Crippen LogP contribution in [0.2, 0.25) is 0 Å². The summed E-state index contributed by atoms with van der Waals surface area (Å²) in [4.78, 5) is 8.49. The van der Waals surface area contributed by atoms with Gasteiger partial charge in [0.25, 0.3) is 6.71 Å². The number of aryl methyl sites for hydroxylation is 1. The van der Waals surface area contributed by atoms with Crippen LogP contribution in [0.4, 0.5) is 39.8 Å². The van der Waals surface area contributed by atoms with E-state index < -0.39 is 0 Å². The smallest absolute Gasteiger partial charge is 0.252 e. The van der Waals surface area contributed by atoms with Crippen LogP contribution in [-0.4, -0.2) is 12.3 Å². The van der Waals surface area contributed by atoms with Crippen LogP contribution in [0.25, 0.3) is 11.1 Å². The molecule has 14 rings (SSSR count). The van der Waals surface area contributed by atoms with Gasteiger partial charge in [-0.15, -0.1) is 0 Å². The second-order valence-corrected chi connectivity index (χ2v) is 32.3. The number of rotatable bonds is 5. The van der Waals surface area contributed by atoms with Gasteiger partial charge in [0.05, 0.1) is 11.2 Å². The highest BCUT2D eigenvalue weighted by molar-refractivity contribution is 7.00. The van der Waals surface area contributed by atoms with Crippen molar-refractivity contribution in [1.29, 1.82) is 0 Å². The molecule has 0 bridgehead atoms. The zero-order chi connectivity index (χ0) is 59.2. The number of hydrogen-bond donors (Lipinski definition) is 0. The van der Waals surface area contributed by atoms with Gasteiger partial charge in [0.15, 0.2) is 0 Å². The topological polar surface area (TPSA) is 9.72 Å². The molecule has 0 radical (unpaired) electrons. The van der Waals surface area contributed by atoms with Crippen molar-refractivity contribution < 1.29 is 0 Å². The zero-order valence-electron chi connectivity index (χ0n) is 54.0. The molecule has 0 saturated heterocycles. The first-order valence-corrected chi connectivity index (χ1v) is 32.3. The summed E-state index contributed by atoms with van der Waals surface area (Å²) in [6, 6.07) is 53.9. The van der Waals surface area contributed by atoms with Crippen LogP contribution in [0.15, 0.2) is 157 Å². The zero-order valence-corrected chi connectivity index (χ0v) is 54.0. The average molecular weight is 1110 g/mol. The standard InChI is InChI=1S/C80H92BN3/c1-50-40-54(73(2,3)4)31-34-65(50)82-68-47-60-58(75(8,9)38-39-76(60,10)11)45-63(68)81-64-46-59-61(78(14,15)49-77(59,12)13)48-69(64)83(66-35-32-55(74(5,6)7)42-57(66)52-28-22-19-23-29-52)71-44-56(43-70(82)72(71)81)84-67-33-30-53(51-26-20-18-21-27-51)41-62(67)79(16)36-24-25-37-80(79,84)17/h18-23,26-35,40,42-48,53H,24-25,36-39,41,49H2,1-17H3. The van der Waals surface area contributed by atoms with Gasteiger partial charge in [0, 0.05) is 56.7 Å². The van der Waals surface area contributed by atoms with Crippen LogP contribution in [0.3, 0.4) is 0 Å². The molecule has 7 aromatic rings. The third kappa shape index (κ3) is 8.09. The fourth-order valence-electron chi connectivity index (χ4n) is 17.9. The normalized spacial score (nSPS) is 23.8. The molecule has 3 aliphatic heterocycles. The van der Waals surface area contributed by atoms with Gasteiger partial charge >= 0.3 is 0 Å². The van der Waals surface area contributed by atoms with Gasteiger partial charge in [0.2, 0.25) is 0 Å². The largest absolute Gasteiger partial charge is 0.335 e. The van der Waals surface area contributed by atoms with E-state index in [0.29, 0.717) is 5.92 Å². The van der Waals surface area contributed by atoms with Crippen LogP contribution < -0.4 is 31.1 Å². The Morgan fingerprint density at radius 2 is 1.00 bits per heavy atom. The van der Waals surface area contributed by atoms with E-state index in [1.54, 1.807) is 5.57 Å². The number of allylic oxidation sites excluding steroid dienone is 2.